The molecule has 0 aromatic heterocycles. The van der Waals surface area contributed by atoms with Crippen LogP contribution in [0.1, 0.15) is 46.0 Å². The molecule has 0 unspecified atom stereocenters. The third-order valence-electron chi connectivity index (χ3n) is 3.25. The van der Waals surface area contributed by atoms with E-state index in [-0.39, 0.29) is 0 Å². The van der Waals surface area contributed by atoms with E-state index in [2.05, 4.69) is 13.8 Å². The number of rotatable bonds is 2. The summed E-state index contributed by atoms with van der Waals surface area (Å²) in [6.07, 6.45) is 6.68. The van der Waals surface area contributed by atoms with Gasteiger partial charge in [-0.15, -0.1) is 0 Å². The Labute approximate surface area is 70.4 Å². The average Bonchev–Trinajstić information content (AvgIpc) is 2.04. The van der Waals surface area contributed by atoms with E-state index in [9.17, 15) is 0 Å². The zero-order valence-corrected chi connectivity index (χ0v) is 7.84. The SMILES string of the molecule is CC[C@H](C)[C@@H]1CCCC[C@@H]1N. The second kappa shape index (κ2) is 4.10. The number of nitrogens with two attached hydrogens (primary N) is 1. The van der Waals surface area contributed by atoms with Crippen molar-refractivity contribution in [1.82, 2.24) is 0 Å². The van der Waals surface area contributed by atoms with Crippen molar-refractivity contribution in [2.75, 3.05) is 0 Å². The minimum absolute atomic E-state index is 0.499. The van der Waals surface area contributed by atoms with Crippen LogP contribution in [0.3, 0.4) is 0 Å². The van der Waals surface area contributed by atoms with Gasteiger partial charge < -0.3 is 5.73 Å². The topological polar surface area (TPSA) is 26.0 Å². The fraction of sp³-hybridized carbons (Fsp3) is 1.00. The van der Waals surface area contributed by atoms with Crippen LogP contribution in [0.2, 0.25) is 0 Å². The van der Waals surface area contributed by atoms with E-state index < -0.39 is 0 Å². The molecule has 0 aliphatic heterocycles. The fourth-order valence-electron chi connectivity index (χ4n) is 2.20. The molecule has 66 valence electrons. The lowest BCUT2D eigenvalue weighted by Gasteiger charge is -2.32. The molecule has 1 heteroatoms. The Morgan fingerprint density at radius 1 is 1.36 bits per heavy atom. The first-order valence-corrected chi connectivity index (χ1v) is 5.01. The molecule has 0 saturated heterocycles. The molecular formula is C10H21N. The van der Waals surface area contributed by atoms with Crippen molar-refractivity contribution >= 4 is 0 Å². The Hall–Kier alpha value is -0.0400. The molecule has 0 heterocycles. The van der Waals surface area contributed by atoms with Crippen LogP contribution in [0, 0.1) is 11.8 Å². The van der Waals surface area contributed by atoms with Gasteiger partial charge in [0.2, 0.25) is 0 Å². The van der Waals surface area contributed by atoms with Gasteiger partial charge in [0.15, 0.2) is 0 Å². The van der Waals surface area contributed by atoms with E-state index in [4.69, 9.17) is 5.73 Å². The van der Waals surface area contributed by atoms with Gasteiger partial charge in [-0.2, -0.15) is 0 Å². The minimum Gasteiger partial charge on any atom is -0.327 e. The van der Waals surface area contributed by atoms with Gasteiger partial charge in [-0.1, -0.05) is 33.1 Å². The molecule has 0 aromatic carbocycles. The smallest absolute Gasteiger partial charge is 0.00697 e. The maximum absolute atomic E-state index is 6.06. The Balaban J connectivity index is 2.40. The van der Waals surface area contributed by atoms with Crippen LogP contribution in [-0.4, -0.2) is 6.04 Å². The van der Waals surface area contributed by atoms with E-state index in [1.807, 2.05) is 0 Å². The Morgan fingerprint density at radius 2 is 2.00 bits per heavy atom. The second-order valence-electron chi connectivity index (χ2n) is 4.00. The van der Waals surface area contributed by atoms with Crippen molar-refractivity contribution in [2.45, 2.75) is 52.0 Å². The van der Waals surface area contributed by atoms with Crippen molar-refractivity contribution in [3.05, 3.63) is 0 Å². The molecule has 1 aliphatic rings. The van der Waals surface area contributed by atoms with Crippen LogP contribution < -0.4 is 5.73 Å². The highest BCUT2D eigenvalue weighted by molar-refractivity contribution is 4.80. The van der Waals surface area contributed by atoms with Crippen molar-refractivity contribution in [1.29, 1.82) is 0 Å². The molecule has 1 rings (SSSR count). The minimum atomic E-state index is 0.499. The average molecular weight is 155 g/mol. The van der Waals surface area contributed by atoms with Crippen molar-refractivity contribution in [3.8, 4) is 0 Å². The second-order valence-corrected chi connectivity index (χ2v) is 4.00. The van der Waals surface area contributed by atoms with Crippen LogP contribution >= 0.6 is 0 Å². The highest BCUT2D eigenvalue weighted by atomic mass is 14.7. The van der Waals surface area contributed by atoms with Gasteiger partial charge in [0.1, 0.15) is 0 Å². The summed E-state index contributed by atoms with van der Waals surface area (Å²) in [5.41, 5.74) is 6.06. The van der Waals surface area contributed by atoms with Gasteiger partial charge in [0.05, 0.1) is 0 Å². The van der Waals surface area contributed by atoms with Gasteiger partial charge in [-0.3, -0.25) is 0 Å². The molecule has 1 nitrogen and oxygen atoms in total. The highest BCUT2D eigenvalue weighted by Crippen LogP contribution is 2.30. The fourth-order valence-corrected chi connectivity index (χ4v) is 2.20. The molecule has 0 bridgehead atoms. The van der Waals surface area contributed by atoms with Crippen LogP contribution in [0.5, 0.6) is 0 Å². The first kappa shape index (κ1) is 9.05. The van der Waals surface area contributed by atoms with E-state index in [0.29, 0.717) is 6.04 Å². The molecule has 0 radical (unpaired) electrons. The number of hydrogen-bond acceptors (Lipinski definition) is 1. The van der Waals surface area contributed by atoms with Crippen LogP contribution in [0.25, 0.3) is 0 Å². The third kappa shape index (κ3) is 2.19. The zero-order valence-electron chi connectivity index (χ0n) is 7.84. The number of hydrogen-bond donors (Lipinski definition) is 1. The summed E-state index contributed by atoms with van der Waals surface area (Å²) in [5, 5.41) is 0. The first-order chi connectivity index (χ1) is 5.25. The summed E-state index contributed by atoms with van der Waals surface area (Å²) in [5.74, 6) is 1.65. The molecule has 11 heavy (non-hydrogen) atoms. The van der Waals surface area contributed by atoms with E-state index in [1.54, 1.807) is 0 Å². The van der Waals surface area contributed by atoms with Crippen LogP contribution in [0.15, 0.2) is 0 Å². The summed E-state index contributed by atoms with van der Waals surface area (Å²) in [4.78, 5) is 0. The summed E-state index contributed by atoms with van der Waals surface area (Å²) >= 11 is 0. The highest BCUT2D eigenvalue weighted by Gasteiger charge is 2.25. The molecule has 1 aliphatic carbocycles. The van der Waals surface area contributed by atoms with E-state index in [1.165, 1.54) is 32.1 Å². The maximum Gasteiger partial charge on any atom is 0.00697 e. The predicted molar refractivity (Wildman–Crippen MR) is 49.4 cm³/mol. The van der Waals surface area contributed by atoms with Gasteiger partial charge in [-0.05, 0) is 24.7 Å². The molecule has 0 aromatic rings. The molecule has 2 N–H and O–H groups in total. The van der Waals surface area contributed by atoms with Gasteiger partial charge in [0, 0.05) is 6.04 Å². The Bertz CT molecular complexity index is 107. The van der Waals surface area contributed by atoms with Crippen LogP contribution in [-0.2, 0) is 0 Å². The Kier molecular flexibility index (Phi) is 3.38. The standard InChI is InChI=1S/C10H21N/c1-3-8(2)9-6-4-5-7-10(9)11/h8-10H,3-7,11H2,1-2H3/t8-,9-,10-/m0/s1. The van der Waals surface area contributed by atoms with E-state index in [0.717, 1.165) is 11.8 Å². The summed E-state index contributed by atoms with van der Waals surface area (Å²) in [6.45, 7) is 4.61. The van der Waals surface area contributed by atoms with Crippen molar-refractivity contribution in [3.63, 3.8) is 0 Å². The molecular weight excluding hydrogens is 134 g/mol. The molecule has 1 saturated carbocycles. The van der Waals surface area contributed by atoms with E-state index >= 15 is 0 Å². The van der Waals surface area contributed by atoms with Crippen molar-refractivity contribution in [2.24, 2.45) is 17.6 Å². The van der Waals surface area contributed by atoms with Crippen LogP contribution in [0.4, 0.5) is 0 Å². The largest absolute Gasteiger partial charge is 0.327 e. The lowest BCUT2D eigenvalue weighted by Crippen LogP contribution is -2.36. The first-order valence-electron chi connectivity index (χ1n) is 5.01. The summed E-state index contributed by atoms with van der Waals surface area (Å²) in [7, 11) is 0. The van der Waals surface area contributed by atoms with Gasteiger partial charge >= 0.3 is 0 Å². The summed E-state index contributed by atoms with van der Waals surface area (Å²) < 4.78 is 0. The lowest BCUT2D eigenvalue weighted by atomic mass is 9.77. The summed E-state index contributed by atoms with van der Waals surface area (Å²) in [6, 6.07) is 0.499. The monoisotopic (exact) mass is 155 g/mol. The molecule has 3 atom stereocenters. The molecule has 0 spiro atoms. The zero-order chi connectivity index (χ0) is 8.27. The normalized spacial score (nSPS) is 35.2. The lowest BCUT2D eigenvalue weighted by molar-refractivity contribution is 0.223. The predicted octanol–water partition coefficient (Wildman–Crippen LogP) is 2.55. The quantitative estimate of drug-likeness (QED) is 0.651. The van der Waals surface area contributed by atoms with Gasteiger partial charge in [-0.25, -0.2) is 0 Å². The van der Waals surface area contributed by atoms with Gasteiger partial charge in [0.25, 0.3) is 0 Å². The molecule has 0 amide bonds. The maximum atomic E-state index is 6.06. The van der Waals surface area contributed by atoms with Crippen molar-refractivity contribution < 1.29 is 0 Å². The third-order valence-corrected chi connectivity index (χ3v) is 3.25. The Morgan fingerprint density at radius 3 is 2.55 bits per heavy atom. The molecule has 1 fully saturated rings.